The summed E-state index contributed by atoms with van der Waals surface area (Å²) in [5.74, 6) is 1.03. The van der Waals surface area contributed by atoms with E-state index in [0.717, 1.165) is 83.8 Å². The number of hydrogen-bond acceptors (Lipinski definition) is 5. The largest absolute Gasteiger partial charge is 0.462 e. The molecule has 5 heteroatoms. The number of Topliss-reactive ketones (excluding diaryl/α,β-unsaturated/α-hetero) is 1. The fraction of sp³-hybridized carbons (Fsp3) is 0.957. The van der Waals surface area contributed by atoms with E-state index in [0.29, 0.717) is 18.1 Å². The van der Waals surface area contributed by atoms with Crippen LogP contribution in [0.15, 0.2) is 0 Å². The topological polar surface area (TPSA) is 66.8 Å². The van der Waals surface area contributed by atoms with E-state index in [1.165, 1.54) is 154 Å². The van der Waals surface area contributed by atoms with Crippen LogP contribution in [0.5, 0.6) is 0 Å². The van der Waals surface area contributed by atoms with Gasteiger partial charge >= 0.3 is 5.97 Å². The molecule has 0 saturated carbocycles. The molecule has 1 atom stereocenters. The number of esters is 1. The summed E-state index contributed by atoms with van der Waals surface area (Å²) in [5.41, 5.74) is 0. The zero-order valence-corrected chi connectivity index (χ0v) is 35.9. The molecule has 1 unspecified atom stereocenters. The summed E-state index contributed by atoms with van der Waals surface area (Å²) in [6, 6.07) is 0. The van der Waals surface area contributed by atoms with Crippen LogP contribution in [-0.2, 0) is 14.3 Å². The van der Waals surface area contributed by atoms with E-state index in [9.17, 15) is 14.7 Å². The van der Waals surface area contributed by atoms with E-state index >= 15 is 0 Å². The van der Waals surface area contributed by atoms with Crippen LogP contribution in [0.3, 0.4) is 0 Å². The Morgan fingerprint density at radius 3 is 1.33 bits per heavy atom. The second-order valence-corrected chi connectivity index (χ2v) is 16.6. The van der Waals surface area contributed by atoms with Gasteiger partial charge < -0.3 is 14.7 Å². The van der Waals surface area contributed by atoms with Crippen LogP contribution in [-0.4, -0.2) is 54.1 Å². The van der Waals surface area contributed by atoms with E-state index in [1.807, 2.05) is 0 Å². The average Bonchev–Trinajstić information content (AvgIpc) is 3.12. The molecule has 5 nitrogen and oxygen atoms in total. The minimum atomic E-state index is 0.0198. The maximum atomic E-state index is 12.7. The molecule has 0 aromatic heterocycles. The van der Waals surface area contributed by atoms with Gasteiger partial charge in [0.1, 0.15) is 11.9 Å². The number of aliphatic hydroxyl groups excluding tert-OH is 1. The van der Waals surface area contributed by atoms with Gasteiger partial charge in [-0.05, 0) is 70.4 Å². The summed E-state index contributed by atoms with van der Waals surface area (Å²) in [5, 5.41) is 9.58. The van der Waals surface area contributed by atoms with Crippen molar-refractivity contribution in [3.63, 3.8) is 0 Å². The lowest BCUT2D eigenvalue weighted by Gasteiger charge is -2.21. The minimum absolute atomic E-state index is 0.0198. The molecule has 1 N–H and O–H groups in total. The predicted molar refractivity (Wildman–Crippen MR) is 226 cm³/mol. The van der Waals surface area contributed by atoms with Gasteiger partial charge in [-0.15, -0.1) is 0 Å². The van der Waals surface area contributed by atoms with Crippen molar-refractivity contribution in [2.24, 2.45) is 5.92 Å². The molecule has 0 fully saturated rings. The van der Waals surface area contributed by atoms with Crippen molar-refractivity contribution in [1.29, 1.82) is 0 Å². The number of hydrogen-bond donors (Lipinski definition) is 1. The number of carbonyl (C=O) groups is 2. The van der Waals surface area contributed by atoms with Crippen LogP contribution in [0.1, 0.15) is 252 Å². The van der Waals surface area contributed by atoms with Crippen LogP contribution in [0, 0.1) is 5.92 Å². The third kappa shape index (κ3) is 37.4. The summed E-state index contributed by atoms with van der Waals surface area (Å²) < 4.78 is 6.03. The fourth-order valence-corrected chi connectivity index (χ4v) is 7.65. The van der Waals surface area contributed by atoms with Gasteiger partial charge in [0.25, 0.3) is 0 Å². The number of ketones is 1. The normalized spacial score (nSPS) is 12.3. The van der Waals surface area contributed by atoms with Gasteiger partial charge in [-0.3, -0.25) is 9.59 Å². The van der Waals surface area contributed by atoms with Crippen molar-refractivity contribution >= 4 is 11.8 Å². The molecule has 0 bridgehead atoms. The molecule has 0 heterocycles. The first-order valence-electron chi connectivity index (χ1n) is 23.5. The molecule has 0 spiro atoms. The highest BCUT2D eigenvalue weighted by molar-refractivity contribution is 5.78. The minimum Gasteiger partial charge on any atom is -0.462 e. The van der Waals surface area contributed by atoms with Crippen molar-refractivity contribution in [1.82, 2.24) is 4.90 Å². The van der Waals surface area contributed by atoms with Gasteiger partial charge in [0, 0.05) is 25.8 Å². The van der Waals surface area contributed by atoms with Crippen molar-refractivity contribution in [2.75, 3.05) is 26.2 Å². The highest BCUT2D eigenvalue weighted by Crippen LogP contribution is 2.19. The molecule has 0 aromatic rings. The number of carbonyl (C=O) groups excluding carboxylic acids is 2. The first-order chi connectivity index (χ1) is 25.5. The Morgan fingerprint density at radius 2 is 0.865 bits per heavy atom. The Kier molecular flexibility index (Phi) is 40.5. The molecule has 0 rings (SSSR count). The maximum absolute atomic E-state index is 12.7. The highest BCUT2D eigenvalue weighted by Gasteiger charge is 2.14. The number of rotatable bonds is 43. The number of unbranched alkanes of at least 4 members (excludes halogenated alkanes) is 24. The van der Waals surface area contributed by atoms with Gasteiger partial charge in [-0.1, -0.05) is 182 Å². The van der Waals surface area contributed by atoms with Crippen molar-refractivity contribution < 1.29 is 19.4 Å². The van der Waals surface area contributed by atoms with E-state index in [2.05, 4.69) is 32.6 Å². The number of nitrogens with zero attached hydrogens (tertiary/aromatic N) is 1. The monoisotopic (exact) mass is 736 g/mol. The summed E-state index contributed by atoms with van der Waals surface area (Å²) in [7, 11) is 0. The van der Waals surface area contributed by atoms with Crippen LogP contribution < -0.4 is 0 Å². The molecular formula is C47H93NO4. The van der Waals surface area contributed by atoms with E-state index in [1.54, 1.807) is 0 Å². The molecule has 310 valence electrons. The SMILES string of the molecule is CCCCCCCCCC(C)CC(=O)CCCCCCCN(CCO)CCCCCCCC(=O)OC(CCCCCCCC)CCCCCCCC. The van der Waals surface area contributed by atoms with Crippen molar-refractivity contribution in [3.05, 3.63) is 0 Å². The highest BCUT2D eigenvalue weighted by atomic mass is 16.5. The van der Waals surface area contributed by atoms with Crippen molar-refractivity contribution in [2.45, 2.75) is 259 Å². The average molecular weight is 736 g/mol. The third-order valence-corrected chi connectivity index (χ3v) is 11.1. The molecule has 0 saturated heterocycles. The van der Waals surface area contributed by atoms with E-state index in [-0.39, 0.29) is 18.7 Å². The Hall–Kier alpha value is -0.940. The Bertz CT molecular complexity index is 727. The summed E-state index contributed by atoms with van der Waals surface area (Å²) in [4.78, 5) is 27.6. The number of aliphatic hydroxyl groups is 1. The molecule has 0 aliphatic rings. The molecule has 0 aliphatic carbocycles. The predicted octanol–water partition coefficient (Wildman–Crippen LogP) is 14.1. The molecule has 0 aliphatic heterocycles. The van der Waals surface area contributed by atoms with Crippen LogP contribution in [0.25, 0.3) is 0 Å². The Labute approximate surface area is 326 Å². The molecule has 0 aromatic carbocycles. The van der Waals surface area contributed by atoms with Crippen LogP contribution in [0.4, 0.5) is 0 Å². The lowest BCUT2D eigenvalue weighted by atomic mass is 9.95. The maximum Gasteiger partial charge on any atom is 0.306 e. The quantitative estimate of drug-likeness (QED) is 0.0499. The Morgan fingerprint density at radius 1 is 0.481 bits per heavy atom. The lowest BCUT2D eigenvalue weighted by Crippen LogP contribution is -2.29. The van der Waals surface area contributed by atoms with Gasteiger partial charge in [0.05, 0.1) is 6.61 Å². The van der Waals surface area contributed by atoms with Gasteiger partial charge in [0.15, 0.2) is 0 Å². The fourth-order valence-electron chi connectivity index (χ4n) is 7.65. The van der Waals surface area contributed by atoms with E-state index in [4.69, 9.17) is 4.74 Å². The second-order valence-electron chi connectivity index (χ2n) is 16.6. The number of ether oxygens (including phenoxy) is 1. The van der Waals surface area contributed by atoms with Crippen LogP contribution in [0.2, 0.25) is 0 Å². The zero-order valence-electron chi connectivity index (χ0n) is 35.9. The van der Waals surface area contributed by atoms with Gasteiger partial charge in [0.2, 0.25) is 0 Å². The summed E-state index contributed by atoms with van der Waals surface area (Å²) in [6.07, 6.45) is 41.7. The first kappa shape index (κ1) is 51.1. The lowest BCUT2D eigenvalue weighted by molar-refractivity contribution is -0.150. The standard InChI is InChI=1S/C47H93NO4/c1-5-8-11-14-17-20-27-34-44(4)43-45(50)35-28-21-18-25-32-39-48(41-42-49)40-33-26-19-24-31-38-47(51)52-46(36-29-22-15-12-9-6-2)37-30-23-16-13-10-7-3/h44,46,49H,5-43H2,1-4H3. The summed E-state index contributed by atoms with van der Waals surface area (Å²) in [6.45, 7) is 12.1. The first-order valence-corrected chi connectivity index (χ1v) is 23.5. The van der Waals surface area contributed by atoms with Crippen LogP contribution >= 0.6 is 0 Å². The smallest absolute Gasteiger partial charge is 0.306 e. The van der Waals surface area contributed by atoms with Gasteiger partial charge in [-0.2, -0.15) is 0 Å². The van der Waals surface area contributed by atoms with E-state index < -0.39 is 0 Å². The van der Waals surface area contributed by atoms with Crippen molar-refractivity contribution in [3.8, 4) is 0 Å². The summed E-state index contributed by atoms with van der Waals surface area (Å²) >= 11 is 0. The zero-order chi connectivity index (χ0) is 38.2. The molecule has 52 heavy (non-hydrogen) atoms. The Balaban J connectivity index is 3.98. The molecular weight excluding hydrogens is 643 g/mol. The van der Waals surface area contributed by atoms with Gasteiger partial charge in [-0.25, -0.2) is 0 Å². The molecule has 0 amide bonds. The third-order valence-electron chi connectivity index (χ3n) is 11.1. The second kappa shape index (κ2) is 41.2. The molecule has 0 radical (unpaired) electrons.